The lowest BCUT2D eigenvalue weighted by atomic mass is 10.2. The second-order valence-corrected chi connectivity index (χ2v) is 7.35. The maximum absolute atomic E-state index is 13.2. The van der Waals surface area contributed by atoms with E-state index < -0.39 is 35.6 Å². The molecule has 172 valence electrons. The molecule has 11 heteroatoms. The van der Waals surface area contributed by atoms with Gasteiger partial charge in [0.1, 0.15) is 18.4 Å². The van der Waals surface area contributed by atoms with Crippen molar-refractivity contribution < 1.29 is 33.0 Å². The lowest BCUT2D eigenvalue weighted by Crippen LogP contribution is -2.49. The highest BCUT2D eigenvalue weighted by molar-refractivity contribution is 7.80. The van der Waals surface area contributed by atoms with E-state index in [4.69, 9.17) is 17.0 Å². The van der Waals surface area contributed by atoms with Gasteiger partial charge < -0.3 is 19.7 Å². The van der Waals surface area contributed by atoms with Gasteiger partial charge in [-0.3, -0.25) is 14.4 Å². The number of rotatable bonds is 6. The second-order valence-electron chi connectivity index (χ2n) is 6.97. The molecule has 0 radical (unpaired) electrons. The number of halogens is 1. The van der Waals surface area contributed by atoms with E-state index in [1.807, 2.05) is 0 Å². The van der Waals surface area contributed by atoms with Crippen LogP contribution in [0.1, 0.15) is 16.8 Å². The molecule has 1 aliphatic heterocycles. The van der Waals surface area contributed by atoms with Gasteiger partial charge in [-0.1, -0.05) is 0 Å². The fourth-order valence-corrected chi connectivity index (χ4v) is 3.56. The zero-order chi connectivity index (χ0) is 24.1. The summed E-state index contributed by atoms with van der Waals surface area (Å²) < 4.78 is 22.5. The highest BCUT2D eigenvalue weighted by Crippen LogP contribution is 2.27. The summed E-state index contributed by atoms with van der Waals surface area (Å²) in [7, 11) is 2.43. The molecule has 1 fully saturated rings. The smallest absolute Gasteiger partial charge is 0.337 e. The first kappa shape index (κ1) is 23.8. The highest BCUT2D eigenvalue weighted by Gasteiger charge is 2.44. The molecule has 1 atom stereocenters. The predicted octanol–water partition coefficient (Wildman–Crippen LogP) is 2.12. The van der Waals surface area contributed by atoms with Crippen LogP contribution >= 0.6 is 12.2 Å². The summed E-state index contributed by atoms with van der Waals surface area (Å²) in [5.74, 6) is -2.77. The second kappa shape index (κ2) is 10.2. The van der Waals surface area contributed by atoms with Crippen LogP contribution in [0.15, 0.2) is 48.5 Å². The number of nitrogens with one attached hydrogen (secondary N) is 1. The van der Waals surface area contributed by atoms with Gasteiger partial charge in [-0.05, 0) is 60.7 Å². The third-order valence-corrected chi connectivity index (χ3v) is 5.27. The van der Waals surface area contributed by atoms with Crippen LogP contribution in [-0.4, -0.2) is 60.6 Å². The lowest BCUT2D eigenvalue weighted by molar-refractivity contribution is -0.141. The molecule has 0 aromatic heterocycles. The number of imide groups is 1. The van der Waals surface area contributed by atoms with Gasteiger partial charge in [0.25, 0.3) is 5.91 Å². The quantitative estimate of drug-likeness (QED) is 0.384. The van der Waals surface area contributed by atoms with E-state index in [0.29, 0.717) is 5.69 Å². The molecule has 1 aliphatic rings. The Morgan fingerprint density at radius 2 is 1.73 bits per heavy atom. The van der Waals surface area contributed by atoms with Crippen LogP contribution in [0.5, 0.6) is 0 Å². The molecule has 1 heterocycles. The average molecular weight is 473 g/mol. The van der Waals surface area contributed by atoms with Gasteiger partial charge in [-0.25, -0.2) is 14.1 Å². The zero-order valence-corrected chi connectivity index (χ0v) is 18.6. The van der Waals surface area contributed by atoms with Crippen molar-refractivity contribution in [2.75, 3.05) is 31.0 Å². The van der Waals surface area contributed by atoms with E-state index in [1.165, 1.54) is 67.7 Å². The van der Waals surface area contributed by atoms with Crippen molar-refractivity contribution in [3.05, 3.63) is 59.9 Å². The molecule has 0 saturated carbocycles. The highest BCUT2D eigenvalue weighted by atomic mass is 32.1. The van der Waals surface area contributed by atoms with Crippen molar-refractivity contribution in [1.29, 1.82) is 0 Å². The Morgan fingerprint density at radius 1 is 1.09 bits per heavy atom. The van der Waals surface area contributed by atoms with Crippen LogP contribution < -0.4 is 10.2 Å². The maximum atomic E-state index is 13.2. The Kier molecular flexibility index (Phi) is 7.34. The number of carbonyl (C=O) groups excluding carboxylic acids is 4. The minimum Gasteiger partial charge on any atom is -0.468 e. The monoisotopic (exact) mass is 473 g/mol. The third kappa shape index (κ3) is 5.32. The van der Waals surface area contributed by atoms with E-state index in [-0.39, 0.29) is 29.3 Å². The molecule has 33 heavy (non-hydrogen) atoms. The minimum atomic E-state index is -1.07. The Balaban J connectivity index is 1.84. The van der Waals surface area contributed by atoms with Gasteiger partial charge in [0.2, 0.25) is 5.91 Å². The van der Waals surface area contributed by atoms with Gasteiger partial charge >= 0.3 is 11.9 Å². The van der Waals surface area contributed by atoms with Gasteiger partial charge in [0.05, 0.1) is 31.9 Å². The molecule has 1 N–H and O–H groups in total. The molecule has 0 bridgehead atoms. The Bertz CT molecular complexity index is 1090. The first-order chi connectivity index (χ1) is 15.7. The minimum absolute atomic E-state index is 0.0129. The summed E-state index contributed by atoms with van der Waals surface area (Å²) in [5.41, 5.74) is 0.952. The number of esters is 2. The van der Waals surface area contributed by atoms with Crippen molar-refractivity contribution in [1.82, 2.24) is 4.90 Å². The van der Waals surface area contributed by atoms with E-state index in [0.717, 1.165) is 4.90 Å². The van der Waals surface area contributed by atoms with Crippen LogP contribution in [0.3, 0.4) is 0 Å². The van der Waals surface area contributed by atoms with Crippen molar-refractivity contribution in [3.8, 4) is 0 Å². The van der Waals surface area contributed by atoms with Gasteiger partial charge in [0.15, 0.2) is 5.11 Å². The largest absolute Gasteiger partial charge is 0.468 e. The van der Waals surface area contributed by atoms with E-state index in [1.54, 1.807) is 0 Å². The fourth-order valence-electron chi connectivity index (χ4n) is 3.25. The van der Waals surface area contributed by atoms with Crippen molar-refractivity contribution in [2.24, 2.45) is 0 Å². The third-order valence-electron chi connectivity index (χ3n) is 4.93. The molecule has 9 nitrogen and oxygen atoms in total. The van der Waals surface area contributed by atoms with Gasteiger partial charge in [-0.15, -0.1) is 0 Å². The average Bonchev–Trinajstić information content (AvgIpc) is 3.11. The maximum Gasteiger partial charge on any atom is 0.337 e. The number of ether oxygens (including phenoxy) is 2. The summed E-state index contributed by atoms with van der Waals surface area (Å²) >= 11 is 5.38. The molecule has 0 aliphatic carbocycles. The molecular weight excluding hydrogens is 453 g/mol. The number of carbonyl (C=O) groups is 4. The van der Waals surface area contributed by atoms with Crippen LogP contribution in [-0.2, 0) is 23.9 Å². The number of thiocarbonyl (C=S) groups is 1. The van der Waals surface area contributed by atoms with Crippen LogP contribution in [0.2, 0.25) is 0 Å². The fraction of sp³-hybridized carbons (Fsp3) is 0.227. The zero-order valence-electron chi connectivity index (χ0n) is 17.7. The van der Waals surface area contributed by atoms with E-state index in [2.05, 4.69) is 10.1 Å². The topological polar surface area (TPSA) is 105 Å². The van der Waals surface area contributed by atoms with Crippen molar-refractivity contribution in [2.45, 2.75) is 12.5 Å². The van der Waals surface area contributed by atoms with E-state index in [9.17, 15) is 23.6 Å². The first-order valence-corrected chi connectivity index (χ1v) is 10.1. The molecule has 2 aromatic carbocycles. The SMILES string of the molecule is COC(=O)CN(C(=S)Nc1ccc(F)cc1)[C@@H]1CC(=O)N(c2ccc(C(=O)OC)cc2)C1=O. The molecule has 1 saturated heterocycles. The summed E-state index contributed by atoms with van der Waals surface area (Å²) in [6.45, 7) is -0.387. The predicted molar refractivity (Wildman–Crippen MR) is 120 cm³/mol. The standard InChI is InChI=1S/C22H20FN3O6S/c1-31-19(28)12-25(22(33)24-15-7-5-14(23)6-8-15)17-11-18(27)26(20(17)29)16-9-3-13(4-10-16)21(30)32-2/h3-10,17H,11-12H2,1-2H3,(H,24,33)/t17-/m1/s1. The number of methoxy groups -OCH3 is 2. The number of anilines is 2. The Labute approximate surface area is 194 Å². The van der Waals surface area contributed by atoms with Crippen molar-refractivity contribution in [3.63, 3.8) is 0 Å². The molecule has 0 unspecified atom stereocenters. The summed E-state index contributed by atoms with van der Waals surface area (Å²) in [4.78, 5) is 51.8. The molecule has 2 aromatic rings. The number of hydrogen-bond acceptors (Lipinski definition) is 7. The van der Waals surface area contributed by atoms with Gasteiger partial charge in [0, 0.05) is 5.69 Å². The van der Waals surface area contributed by atoms with E-state index >= 15 is 0 Å². The lowest BCUT2D eigenvalue weighted by Gasteiger charge is -2.29. The van der Waals surface area contributed by atoms with Crippen LogP contribution in [0.4, 0.5) is 15.8 Å². The normalized spacial score (nSPS) is 15.2. The van der Waals surface area contributed by atoms with Crippen LogP contribution in [0.25, 0.3) is 0 Å². The summed E-state index contributed by atoms with van der Waals surface area (Å²) in [6, 6.07) is 10.0. The Hall–Kier alpha value is -3.86. The number of benzene rings is 2. The Morgan fingerprint density at radius 3 is 2.30 bits per heavy atom. The molecule has 2 amide bonds. The van der Waals surface area contributed by atoms with Crippen molar-refractivity contribution >= 4 is 52.5 Å². The first-order valence-electron chi connectivity index (χ1n) is 9.70. The number of amides is 2. The number of hydrogen-bond donors (Lipinski definition) is 1. The molecule has 3 rings (SSSR count). The summed E-state index contributed by atoms with van der Waals surface area (Å²) in [5, 5.41) is 2.83. The molecular formula is C22H20FN3O6S. The number of nitrogens with zero attached hydrogens (tertiary/aromatic N) is 2. The van der Waals surface area contributed by atoms with Gasteiger partial charge in [-0.2, -0.15) is 0 Å². The molecule has 0 spiro atoms. The summed E-state index contributed by atoms with van der Waals surface area (Å²) in [6.07, 6.45) is -0.236. The van der Waals surface area contributed by atoms with Crippen LogP contribution in [0, 0.1) is 5.82 Å².